The molecule has 1 aromatic heterocycles. The van der Waals surface area contributed by atoms with E-state index >= 15 is 0 Å². The molecule has 1 fully saturated rings. The summed E-state index contributed by atoms with van der Waals surface area (Å²) in [6.07, 6.45) is 1.52. The van der Waals surface area contributed by atoms with Crippen molar-refractivity contribution in [1.82, 2.24) is 9.99 Å². The summed E-state index contributed by atoms with van der Waals surface area (Å²) in [5.41, 5.74) is 2.89. The zero-order valence-electron chi connectivity index (χ0n) is 8.93. The van der Waals surface area contributed by atoms with Crippen molar-refractivity contribution in [1.29, 1.82) is 0 Å². The van der Waals surface area contributed by atoms with E-state index in [-0.39, 0.29) is 11.5 Å². The zero-order chi connectivity index (χ0) is 12.3. The standard InChI is InChI=1S/C9H11BrN4O3/c10-7-5-8(14(15)16)9(11-6-7)12-13-1-3-17-4-2-13/h5-6H,1-4H2,(H,11,12). The van der Waals surface area contributed by atoms with Crippen LogP contribution in [0, 0.1) is 10.1 Å². The van der Waals surface area contributed by atoms with Gasteiger partial charge in [0.2, 0.25) is 5.82 Å². The van der Waals surface area contributed by atoms with Crippen LogP contribution in [0.2, 0.25) is 0 Å². The van der Waals surface area contributed by atoms with E-state index in [0.29, 0.717) is 30.8 Å². The summed E-state index contributed by atoms with van der Waals surface area (Å²) in [4.78, 5) is 14.4. The maximum absolute atomic E-state index is 10.9. The molecule has 7 nitrogen and oxygen atoms in total. The second-order valence-electron chi connectivity index (χ2n) is 3.49. The van der Waals surface area contributed by atoms with Crippen molar-refractivity contribution >= 4 is 27.4 Å². The van der Waals surface area contributed by atoms with Crippen LogP contribution in [0.15, 0.2) is 16.7 Å². The minimum atomic E-state index is -0.458. The van der Waals surface area contributed by atoms with Gasteiger partial charge in [0.25, 0.3) is 0 Å². The number of hydrogen-bond donors (Lipinski definition) is 1. The van der Waals surface area contributed by atoms with Gasteiger partial charge in [-0.2, -0.15) is 0 Å². The third-order valence-electron chi connectivity index (χ3n) is 2.31. The van der Waals surface area contributed by atoms with Crippen molar-refractivity contribution < 1.29 is 9.66 Å². The fourth-order valence-corrected chi connectivity index (χ4v) is 1.80. The number of nitro groups is 1. The highest BCUT2D eigenvalue weighted by atomic mass is 79.9. The van der Waals surface area contributed by atoms with Crippen molar-refractivity contribution in [2.75, 3.05) is 31.7 Å². The SMILES string of the molecule is O=[N+]([O-])c1cc(Br)cnc1NN1CCOCC1. The lowest BCUT2D eigenvalue weighted by atomic mass is 10.4. The van der Waals surface area contributed by atoms with Crippen LogP contribution in [0.5, 0.6) is 0 Å². The molecule has 0 aliphatic carbocycles. The van der Waals surface area contributed by atoms with E-state index in [1.54, 1.807) is 0 Å². The van der Waals surface area contributed by atoms with Gasteiger partial charge in [0.15, 0.2) is 0 Å². The molecule has 17 heavy (non-hydrogen) atoms. The van der Waals surface area contributed by atoms with Gasteiger partial charge >= 0.3 is 5.69 Å². The van der Waals surface area contributed by atoms with Crippen LogP contribution in [0.4, 0.5) is 11.5 Å². The van der Waals surface area contributed by atoms with Crippen LogP contribution in [-0.4, -0.2) is 41.2 Å². The van der Waals surface area contributed by atoms with Gasteiger partial charge in [-0.25, -0.2) is 9.99 Å². The first-order valence-corrected chi connectivity index (χ1v) is 5.85. The molecule has 1 aliphatic rings. The molecule has 0 radical (unpaired) electrons. The summed E-state index contributed by atoms with van der Waals surface area (Å²) in [5.74, 6) is 0.250. The Balaban J connectivity index is 2.16. The third-order valence-corrected chi connectivity index (χ3v) is 2.74. The predicted octanol–water partition coefficient (Wildman–Crippen LogP) is 1.41. The molecule has 0 amide bonds. The van der Waals surface area contributed by atoms with E-state index in [0.717, 1.165) is 0 Å². The molecule has 2 rings (SSSR count). The Bertz CT molecular complexity index is 423. The van der Waals surface area contributed by atoms with Crippen molar-refractivity contribution in [3.8, 4) is 0 Å². The normalized spacial score (nSPS) is 16.8. The lowest BCUT2D eigenvalue weighted by molar-refractivity contribution is -0.384. The van der Waals surface area contributed by atoms with Crippen LogP contribution < -0.4 is 5.43 Å². The smallest absolute Gasteiger partial charge is 0.313 e. The van der Waals surface area contributed by atoms with E-state index in [1.807, 2.05) is 5.01 Å². The molecule has 0 saturated carbocycles. The Morgan fingerprint density at radius 3 is 2.88 bits per heavy atom. The summed E-state index contributed by atoms with van der Waals surface area (Å²) in [5, 5.41) is 12.7. The van der Waals surface area contributed by atoms with Crippen LogP contribution in [-0.2, 0) is 4.74 Å². The quantitative estimate of drug-likeness (QED) is 0.672. The lowest BCUT2D eigenvalue weighted by Crippen LogP contribution is -2.40. The molecular weight excluding hydrogens is 292 g/mol. The topological polar surface area (TPSA) is 80.5 Å². The van der Waals surface area contributed by atoms with Crippen LogP contribution in [0.3, 0.4) is 0 Å². The zero-order valence-corrected chi connectivity index (χ0v) is 10.5. The Hall–Kier alpha value is -1.25. The molecule has 0 unspecified atom stereocenters. The van der Waals surface area contributed by atoms with E-state index < -0.39 is 4.92 Å². The summed E-state index contributed by atoms with van der Waals surface area (Å²) in [6, 6.07) is 1.43. The number of rotatable bonds is 3. The average molecular weight is 303 g/mol. The van der Waals surface area contributed by atoms with E-state index in [1.165, 1.54) is 12.3 Å². The van der Waals surface area contributed by atoms with E-state index in [4.69, 9.17) is 4.74 Å². The number of pyridine rings is 1. The highest BCUT2D eigenvalue weighted by Gasteiger charge is 2.19. The Morgan fingerprint density at radius 2 is 2.24 bits per heavy atom. The van der Waals surface area contributed by atoms with Crippen molar-refractivity contribution in [3.05, 3.63) is 26.9 Å². The van der Waals surface area contributed by atoms with Gasteiger partial charge in [0, 0.05) is 29.8 Å². The Labute approximate surface area is 106 Å². The van der Waals surface area contributed by atoms with Gasteiger partial charge in [-0.1, -0.05) is 0 Å². The van der Waals surface area contributed by atoms with E-state index in [2.05, 4.69) is 26.3 Å². The molecule has 0 atom stereocenters. The third kappa shape index (κ3) is 3.11. The number of morpholine rings is 1. The van der Waals surface area contributed by atoms with Crippen molar-refractivity contribution in [2.24, 2.45) is 0 Å². The molecule has 2 heterocycles. The van der Waals surface area contributed by atoms with Crippen LogP contribution >= 0.6 is 15.9 Å². The fourth-order valence-electron chi connectivity index (χ4n) is 1.48. The number of anilines is 1. The predicted molar refractivity (Wildman–Crippen MR) is 64.6 cm³/mol. The summed E-state index contributed by atoms with van der Waals surface area (Å²) in [6.45, 7) is 2.57. The highest BCUT2D eigenvalue weighted by Crippen LogP contribution is 2.25. The van der Waals surface area contributed by atoms with Crippen molar-refractivity contribution in [2.45, 2.75) is 0 Å². The monoisotopic (exact) mass is 302 g/mol. The summed E-state index contributed by atoms with van der Waals surface area (Å²) in [7, 11) is 0. The van der Waals surface area contributed by atoms with E-state index in [9.17, 15) is 10.1 Å². The first kappa shape index (κ1) is 12.2. The Morgan fingerprint density at radius 1 is 1.53 bits per heavy atom. The number of hydrazine groups is 1. The molecule has 1 aromatic rings. The molecule has 0 aromatic carbocycles. The lowest BCUT2D eigenvalue weighted by Gasteiger charge is -2.27. The molecule has 1 saturated heterocycles. The second kappa shape index (κ2) is 5.39. The summed E-state index contributed by atoms with van der Waals surface area (Å²) < 4.78 is 5.77. The fraction of sp³-hybridized carbons (Fsp3) is 0.444. The first-order valence-electron chi connectivity index (χ1n) is 5.06. The number of nitrogens with zero attached hydrogens (tertiary/aromatic N) is 3. The molecule has 0 spiro atoms. The molecule has 92 valence electrons. The van der Waals surface area contributed by atoms with Crippen molar-refractivity contribution in [3.63, 3.8) is 0 Å². The maximum atomic E-state index is 10.9. The number of halogens is 1. The second-order valence-corrected chi connectivity index (χ2v) is 4.41. The highest BCUT2D eigenvalue weighted by molar-refractivity contribution is 9.10. The number of ether oxygens (including phenoxy) is 1. The summed E-state index contributed by atoms with van der Waals surface area (Å²) >= 11 is 3.16. The number of aromatic nitrogens is 1. The molecule has 1 N–H and O–H groups in total. The number of hydrogen-bond acceptors (Lipinski definition) is 6. The average Bonchev–Trinajstić information content (AvgIpc) is 2.32. The minimum Gasteiger partial charge on any atom is -0.379 e. The van der Waals surface area contributed by atoms with Gasteiger partial charge in [0.05, 0.1) is 18.1 Å². The number of nitrogens with one attached hydrogen (secondary N) is 1. The molecular formula is C9H11BrN4O3. The minimum absolute atomic E-state index is 0.0501. The molecule has 1 aliphatic heterocycles. The van der Waals surface area contributed by atoms with Gasteiger partial charge in [-0.15, -0.1) is 0 Å². The molecule has 8 heteroatoms. The van der Waals surface area contributed by atoms with Gasteiger partial charge in [-0.3, -0.25) is 15.5 Å². The maximum Gasteiger partial charge on any atom is 0.313 e. The van der Waals surface area contributed by atoms with Gasteiger partial charge < -0.3 is 4.74 Å². The molecule has 0 bridgehead atoms. The van der Waals surface area contributed by atoms with Gasteiger partial charge in [-0.05, 0) is 15.9 Å². The first-order chi connectivity index (χ1) is 8.16. The van der Waals surface area contributed by atoms with Gasteiger partial charge in [0.1, 0.15) is 0 Å². The van der Waals surface area contributed by atoms with Crippen LogP contribution in [0.1, 0.15) is 0 Å². The van der Waals surface area contributed by atoms with Crippen LogP contribution in [0.25, 0.3) is 0 Å². The largest absolute Gasteiger partial charge is 0.379 e. The Kier molecular flexibility index (Phi) is 3.87.